The molecule has 16 heavy (non-hydrogen) atoms. The molecule has 1 atom stereocenters. The molecule has 1 aliphatic heterocycles. The van der Waals surface area contributed by atoms with Crippen LogP contribution >= 0.6 is 0 Å². The second-order valence-electron chi connectivity index (χ2n) is 5.74. The third-order valence-electron chi connectivity index (χ3n) is 4.44. The molecule has 2 nitrogen and oxygen atoms in total. The summed E-state index contributed by atoms with van der Waals surface area (Å²) in [5.41, 5.74) is 0.312. The van der Waals surface area contributed by atoms with Gasteiger partial charge in [-0.3, -0.25) is 0 Å². The van der Waals surface area contributed by atoms with Crippen molar-refractivity contribution in [3.8, 4) is 0 Å². The van der Waals surface area contributed by atoms with E-state index in [1.165, 1.54) is 44.9 Å². The monoisotopic (exact) mass is 225 g/mol. The maximum absolute atomic E-state index is 6.63. The van der Waals surface area contributed by atoms with Gasteiger partial charge in [0.05, 0.1) is 11.2 Å². The van der Waals surface area contributed by atoms with E-state index in [2.05, 4.69) is 19.2 Å². The lowest BCUT2D eigenvalue weighted by molar-refractivity contribution is -0.195. The van der Waals surface area contributed by atoms with E-state index in [1.807, 2.05) is 0 Å². The fourth-order valence-electron chi connectivity index (χ4n) is 3.49. The van der Waals surface area contributed by atoms with E-state index in [0.29, 0.717) is 0 Å². The molecule has 0 aromatic rings. The molecular formula is C14H27NO. The molecule has 1 unspecified atom stereocenters. The third-order valence-corrected chi connectivity index (χ3v) is 4.44. The van der Waals surface area contributed by atoms with Crippen LogP contribution in [0.4, 0.5) is 0 Å². The molecule has 0 aromatic heterocycles. The summed E-state index contributed by atoms with van der Waals surface area (Å²) in [4.78, 5) is 0. The van der Waals surface area contributed by atoms with Gasteiger partial charge < -0.3 is 10.1 Å². The lowest BCUT2D eigenvalue weighted by atomic mass is 9.80. The van der Waals surface area contributed by atoms with Crippen molar-refractivity contribution in [1.29, 1.82) is 0 Å². The fourth-order valence-corrected chi connectivity index (χ4v) is 3.49. The van der Waals surface area contributed by atoms with Crippen LogP contribution in [0.2, 0.25) is 0 Å². The first-order valence-electron chi connectivity index (χ1n) is 7.15. The largest absolute Gasteiger partial charge is 0.366 e. The first-order valence-corrected chi connectivity index (χ1v) is 7.15. The van der Waals surface area contributed by atoms with Crippen LogP contribution in [0.25, 0.3) is 0 Å². The van der Waals surface area contributed by atoms with E-state index < -0.39 is 0 Å². The van der Waals surface area contributed by atoms with Crippen LogP contribution in [0.1, 0.15) is 65.2 Å². The van der Waals surface area contributed by atoms with Gasteiger partial charge in [-0.05, 0) is 25.7 Å². The van der Waals surface area contributed by atoms with Crippen LogP contribution in [0, 0.1) is 0 Å². The number of morpholine rings is 1. The maximum atomic E-state index is 6.63. The molecule has 94 valence electrons. The Kier molecular flexibility index (Phi) is 3.91. The van der Waals surface area contributed by atoms with Crippen molar-refractivity contribution in [3.05, 3.63) is 0 Å². The van der Waals surface area contributed by atoms with E-state index in [0.717, 1.165) is 19.5 Å². The lowest BCUT2D eigenvalue weighted by Gasteiger charge is -2.50. The highest BCUT2D eigenvalue weighted by molar-refractivity contribution is 4.97. The van der Waals surface area contributed by atoms with Crippen LogP contribution in [-0.2, 0) is 4.74 Å². The van der Waals surface area contributed by atoms with Gasteiger partial charge in [0, 0.05) is 13.1 Å². The highest BCUT2D eigenvalue weighted by atomic mass is 16.5. The Balaban J connectivity index is 2.06. The highest BCUT2D eigenvalue weighted by Gasteiger charge is 2.44. The average molecular weight is 225 g/mol. The molecular weight excluding hydrogens is 198 g/mol. The van der Waals surface area contributed by atoms with Gasteiger partial charge in [0.15, 0.2) is 0 Å². The maximum Gasteiger partial charge on any atom is 0.0814 e. The summed E-state index contributed by atoms with van der Waals surface area (Å²) < 4.78 is 6.63. The lowest BCUT2D eigenvalue weighted by Crippen LogP contribution is -2.60. The topological polar surface area (TPSA) is 21.3 Å². The van der Waals surface area contributed by atoms with Gasteiger partial charge in [0.2, 0.25) is 0 Å². The molecule has 0 amide bonds. The number of ether oxygens (including phenoxy) is 1. The zero-order valence-electron chi connectivity index (χ0n) is 11.0. The van der Waals surface area contributed by atoms with Crippen molar-refractivity contribution < 1.29 is 4.74 Å². The zero-order valence-corrected chi connectivity index (χ0v) is 11.0. The van der Waals surface area contributed by atoms with Crippen molar-refractivity contribution in [1.82, 2.24) is 5.32 Å². The number of nitrogens with one attached hydrogen (secondary N) is 1. The Morgan fingerprint density at radius 2 is 1.81 bits per heavy atom. The minimum absolute atomic E-state index is 0.129. The predicted molar refractivity (Wildman–Crippen MR) is 67.7 cm³/mol. The summed E-state index contributed by atoms with van der Waals surface area (Å²) in [5, 5.41) is 3.65. The summed E-state index contributed by atoms with van der Waals surface area (Å²) in [6, 6.07) is 0. The van der Waals surface area contributed by atoms with Crippen molar-refractivity contribution in [2.45, 2.75) is 76.4 Å². The molecule has 0 aromatic carbocycles. The Morgan fingerprint density at radius 3 is 2.44 bits per heavy atom. The first-order chi connectivity index (χ1) is 7.74. The number of hydrogen-bond acceptors (Lipinski definition) is 2. The van der Waals surface area contributed by atoms with Crippen molar-refractivity contribution >= 4 is 0 Å². The minimum atomic E-state index is 0.129. The standard InChI is InChI=1S/C14H27NO/c1-3-8-13(4-2)11-15-12-14(16-13)9-6-5-7-10-14/h15H,3-12H2,1-2H3. The Morgan fingerprint density at radius 1 is 1.06 bits per heavy atom. The fraction of sp³-hybridized carbons (Fsp3) is 1.00. The molecule has 1 heterocycles. The molecule has 1 saturated carbocycles. The Hall–Kier alpha value is -0.0800. The minimum Gasteiger partial charge on any atom is -0.366 e. The normalized spacial score (nSPS) is 34.1. The first kappa shape index (κ1) is 12.4. The molecule has 1 spiro atoms. The van der Waals surface area contributed by atoms with Crippen LogP contribution < -0.4 is 5.32 Å². The molecule has 1 aliphatic carbocycles. The molecule has 1 N–H and O–H groups in total. The Labute approximate surface area is 100 Å². The van der Waals surface area contributed by atoms with E-state index >= 15 is 0 Å². The summed E-state index contributed by atoms with van der Waals surface area (Å²) in [6.07, 6.45) is 10.2. The second-order valence-corrected chi connectivity index (χ2v) is 5.74. The number of hydrogen-bond donors (Lipinski definition) is 1. The zero-order chi connectivity index (χ0) is 11.5. The van der Waals surface area contributed by atoms with Gasteiger partial charge >= 0.3 is 0 Å². The van der Waals surface area contributed by atoms with Gasteiger partial charge in [0.25, 0.3) is 0 Å². The quantitative estimate of drug-likeness (QED) is 0.796. The summed E-state index contributed by atoms with van der Waals surface area (Å²) in [5.74, 6) is 0. The van der Waals surface area contributed by atoms with Crippen LogP contribution in [0.3, 0.4) is 0 Å². The molecule has 2 aliphatic rings. The number of rotatable bonds is 3. The average Bonchev–Trinajstić information content (AvgIpc) is 2.30. The molecule has 2 rings (SSSR count). The van der Waals surface area contributed by atoms with Gasteiger partial charge in [-0.15, -0.1) is 0 Å². The van der Waals surface area contributed by atoms with E-state index in [9.17, 15) is 0 Å². The molecule has 2 fully saturated rings. The van der Waals surface area contributed by atoms with Gasteiger partial charge in [0.1, 0.15) is 0 Å². The van der Waals surface area contributed by atoms with Gasteiger partial charge in [-0.25, -0.2) is 0 Å². The van der Waals surface area contributed by atoms with Crippen molar-refractivity contribution in [2.24, 2.45) is 0 Å². The second kappa shape index (κ2) is 5.05. The molecule has 0 radical (unpaired) electrons. The predicted octanol–water partition coefficient (Wildman–Crippen LogP) is 3.26. The van der Waals surface area contributed by atoms with E-state index in [-0.39, 0.29) is 11.2 Å². The molecule has 1 saturated heterocycles. The van der Waals surface area contributed by atoms with Gasteiger partial charge in [-0.2, -0.15) is 0 Å². The summed E-state index contributed by atoms with van der Waals surface area (Å²) in [7, 11) is 0. The van der Waals surface area contributed by atoms with Crippen LogP contribution in [0.15, 0.2) is 0 Å². The SMILES string of the molecule is CCCC1(CC)CNCC2(CCCCC2)O1. The van der Waals surface area contributed by atoms with Crippen LogP contribution in [-0.4, -0.2) is 24.3 Å². The van der Waals surface area contributed by atoms with E-state index in [4.69, 9.17) is 4.74 Å². The van der Waals surface area contributed by atoms with Crippen LogP contribution in [0.5, 0.6) is 0 Å². The molecule has 0 bridgehead atoms. The van der Waals surface area contributed by atoms with E-state index in [1.54, 1.807) is 0 Å². The molecule has 2 heteroatoms. The van der Waals surface area contributed by atoms with Crippen molar-refractivity contribution in [3.63, 3.8) is 0 Å². The van der Waals surface area contributed by atoms with Gasteiger partial charge in [-0.1, -0.05) is 39.5 Å². The highest BCUT2D eigenvalue weighted by Crippen LogP contribution is 2.39. The van der Waals surface area contributed by atoms with Crippen molar-refractivity contribution in [2.75, 3.05) is 13.1 Å². The summed E-state index contributed by atoms with van der Waals surface area (Å²) in [6.45, 7) is 6.68. The third kappa shape index (κ3) is 2.43. The summed E-state index contributed by atoms with van der Waals surface area (Å²) >= 11 is 0. The Bertz CT molecular complexity index is 203. The smallest absolute Gasteiger partial charge is 0.0814 e.